The summed E-state index contributed by atoms with van der Waals surface area (Å²) >= 11 is 6.25. The molecule has 0 radical (unpaired) electrons. The first-order chi connectivity index (χ1) is 12.4. The van der Waals surface area contributed by atoms with Crippen molar-refractivity contribution in [2.24, 2.45) is 5.92 Å². The van der Waals surface area contributed by atoms with Crippen LogP contribution in [0.15, 0.2) is 30.3 Å². The van der Waals surface area contributed by atoms with E-state index in [0.717, 1.165) is 17.8 Å². The Bertz CT molecular complexity index is 831. The maximum atomic E-state index is 12.8. The molecule has 1 fully saturated rings. The van der Waals surface area contributed by atoms with Crippen molar-refractivity contribution in [1.29, 1.82) is 0 Å². The van der Waals surface area contributed by atoms with Gasteiger partial charge < -0.3 is 10.2 Å². The Labute approximate surface area is 158 Å². The molecule has 0 aliphatic carbocycles. The molecule has 0 saturated carbocycles. The lowest BCUT2D eigenvalue weighted by atomic mass is 10.0. The second-order valence-corrected chi connectivity index (χ2v) is 7.31. The van der Waals surface area contributed by atoms with Crippen LogP contribution in [0.25, 0.3) is 5.69 Å². The molecule has 26 heavy (non-hydrogen) atoms. The normalized spacial score (nSPS) is 15.6. The third kappa shape index (κ3) is 3.60. The minimum Gasteiger partial charge on any atom is -0.330 e. The van der Waals surface area contributed by atoms with Crippen LogP contribution in [0, 0.1) is 12.8 Å². The molecule has 3 rings (SSSR count). The van der Waals surface area contributed by atoms with Gasteiger partial charge in [0.25, 0.3) is 0 Å². The summed E-state index contributed by atoms with van der Waals surface area (Å²) in [5.41, 5.74) is 1.61. The van der Waals surface area contributed by atoms with Gasteiger partial charge in [0.2, 0.25) is 11.8 Å². The summed E-state index contributed by atoms with van der Waals surface area (Å²) in [6.07, 6.45) is 1.31. The molecular weight excluding hydrogens is 352 g/mol. The Balaban J connectivity index is 1.82. The second-order valence-electron chi connectivity index (χ2n) is 6.90. The fourth-order valence-corrected chi connectivity index (χ4v) is 3.59. The van der Waals surface area contributed by atoms with E-state index < -0.39 is 6.04 Å². The lowest BCUT2D eigenvalue weighted by Crippen LogP contribution is -2.48. The zero-order chi connectivity index (χ0) is 18.8. The molecule has 1 unspecified atom stereocenters. The van der Waals surface area contributed by atoms with Crippen LogP contribution in [-0.2, 0) is 9.59 Å². The number of nitrogens with zero attached hydrogens (tertiary/aromatic N) is 3. The molecule has 0 spiro atoms. The zero-order valence-electron chi connectivity index (χ0n) is 15.2. The van der Waals surface area contributed by atoms with Crippen molar-refractivity contribution < 1.29 is 9.59 Å². The fourth-order valence-electron chi connectivity index (χ4n) is 3.37. The molecule has 2 aromatic rings. The van der Waals surface area contributed by atoms with Crippen molar-refractivity contribution in [2.45, 2.75) is 39.7 Å². The van der Waals surface area contributed by atoms with E-state index in [4.69, 9.17) is 11.6 Å². The minimum atomic E-state index is -0.490. The second kappa shape index (κ2) is 7.50. The molecule has 2 amide bonds. The molecule has 1 N–H and O–H groups in total. The third-order valence-corrected chi connectivity index (χ3v) is 4.88. The zero-order valence-corrected chi connectivity index (χ0v) is 16.0. The van der Waals surface area contributed by atoms with Crippen LogP contribution in [0.4, 0.5) is 5.82 Å². The Morgan fingerprint density at radius 2 is 2.04 bits per heavy atom. The van der Waals surface area contributed by atoms with Crippen molar-refractivity contribution in [3.63, 3.8) is 0 Å². The summed E-state index contributed by atoms with van der Waals surface area (Å²) in [5.74, 6) is 0.296. The van der Waals surface area contributed by atoms with E-state index in [2.05, 4.69) is 10.4 Å². The highest BCUT2D eigenvalue weighted by molar-refractivity contribution is 6.32. The lowest BCUT2D eigenvalue weighted by Gasteiger charge is -2.29. The predicted molar refractivity (Wildman–Crippen MR) is 102 cm³/mol. The predicted octanol–water partition coefficient (Wildman–Crippen LogP) is 3.42. The number of amides is 2. The Morgan fingerprint density at radius 3 is 2.65 bits per heavy atom. The molecule has 7 heteroatoms. The van der Waals surface area contributed by atoms with Gasteiger partial charge in [-0.3, -0.25) is 9.59 Å². The van der Waals surface area contributed by atoms with Crippen molar-refractivity contribution in [3.05, 3.63) is 41.0 Å². The molecule has 1 saturated heterocycles. The number of likely N-dealkylation sites (tertiary alicyclic amines) is 1. The van der Waals surface area contributed by atoms with Crippen LogP contribution in [-0.4, -0.2) is 39.1 Å². The Morgan fingerprint density at radius 1 is 1.31 bits per heavy atom. The van der Waals surface area contributed by atoms with Gasteiger partial charge in [-0.2, -0.15) is 0 Å². The van der Waals surface area contributed by atoms with E-state index >= 15 is 0 Å². The molecule has 138 valence electrons. The summed E-state index contributed by atoms with van der Waals surface area (Å²) < 4.78 is 1.70. The SMILES string of the molecule is Cc1cc(NC(=O)C(C(C)C)N2CCCC2=O)nn1-c1ccccc1Cl. The number of benzene rings is 1. The lowest BCUT2D eigenvalue weighted by molar-refractivity contribution is -0.136. The van der Waals surface area contributed by atoms with Crippen LogP contribution >= 0.6 is 11.6 Å². The van der Waals surface area contributed by atoms with E-state index in [1.54, 1.807) is 21.7 Å². The monoisotopic (exact) mass is 374 g/mol. The van der Waals surface area contributed by atoms with Gasteiger partial charge in [-0.15, -0.1) is 5.10 Å². The highest BCUT2D eigenvalue weighted by Gasteiger charge is 2.35. The van der Waals surface area contributed by atoms with Gasteiger partial charge in [0.05, 0.1) is 10.7 Å². The van der Waals surface area contributed by atoms with E-state index in [1.165, 1.54) is 0 Å². The molecule has 1 aliphatic heterocycles. The Hall–Kier alpha value is -2.34. The number of hydrogen-bond acceptors (Lipinski definition) is 3. The highest BCUT2D eigenvalue weighted by Crippen LogP contribution is 2.24. The van der Waals surface area contributed by atoms with Crippen molar-refractivity contribution in [1.82, 2.24) is 14.7 Å². The number of hydrogen-bond donors (Lipinski definition) is 1. The number of para-hydroxylation sites is 1. The number of aromatic nitrogens is 2. The average molecular weight is 375 g/mol. The number of rotatable bonds is 5. The average Bonchev–Trinajstić information content (AvgIpc) is 3.14. The minimum absolute atomic E-state index is 0.0174. The van der Waals surface area contributed by atoms with Gasteiger partial charge in [0, 0.05) is 24.7 Å². The largest absolute Gasteiger partial charge is 0.330 e. The number of aryl methyl sites for hydroxylation is 1. The first-order valence-corrected chi connectivity index (χ1v) is 9.18. The molecule has 0 bridgehead atoms. The number of carbonyl (C=O) groups is 2. The number of carbonyl (C=O) groups excluding carboxylic acids is 2. The van der Waals surface area contributed by atoms with E-state index in [1.807, 2.05) is 39.0 Å². The molecule has 1 aromatic heterocycles. The van der Waals surface area contributed by atoms with Crippen molar-refractivity contribution in [3.8, 4) is 5.69 Å². The summed E-state index contributed by atoms with van der Waals surface area (Å²) in [6, 6.07) is 8.71. The fraction of sp³-hybridized carbons (Fsp3) is 0.421. The molecule has 1 aromatic carbocycles. The summed E-state index contributed by atoms with van der Waals surface area (Å²) in [6.45, 7) is 6.42. The van der Waals surface area contributed by atoms with Gasteiger partial charge in [0.15, 0.2) is 5.82 Å². The van der Waals surface area contributed by atoms with Crippen molar-refractivity contribution >= 4 is 29.2 Å². The number of halogens is 1. The van der Waals surface area contributed by atoms with Crippen LogP contribution in [0.1, 0.15) is 32.4 Å². The molecule has 2 heterocycles. The number of anilines is 1. The Kier molecular flexibility index (Phi) is 5.32. The quantitative estimate of drug-likeness (QED) is 0.871. The van der Waals surface area contributed by atoms with E-state index in [0.29, 0.717) is 23.8 Å². The first-order valence-electron chi connectivity index (χ1n) is 8.80. The molecule has 1 aliphatic rings. The first kappa shape index (κ1) is 18.5. The topological polar surface area (TPSA) is 67.2 Å². The maximum Gasteiger partial charge on any atom is 0.248 e. The summed E-state index contributed by atoms with van der Waals surface area (Å²) in [7, 11) is 0. The molecule has 6 nitrogen and oxygen atoms in total. The van der Waals surface area contributed by atoms with E-state index in [-0.39, 0.29) is 17.7 Å². The number of nitrogens with one attached hydrogen (secondary N) is 1. The van der Waals surface area contributed by atoms with Gasteiger partial charge in [-0.05, 0) is 31.4 Å². The highest BCUT2D eigenvalue weighted by atomic mass is 35.5. The molecular formula is C19H23ClN4O2. The van der Waals surface area contributed by atoms with Crippen LogP contribution in [0.5, 0.6) is 0 Å². The van der Waals surface area contributed by atoms with Crippen molar-refractivity contribution in [2.75, 3.05) is 11.9 Å². The van der Waals surface area contributed by atoms with Crippen LogP contribution in [0.2, 0.25) is 5.02 Å². The van der Waals surface area contributed by atoms with E-state index in [9.17, 15) is 9.59 Å². The molecule has 1 atom stereocenters. The van der Waals surface area contributed by atoms with Crippen LogP contribution < -0.4 is 5.32 Å². The third-order valence-electron chi connectivity index (χ3n) is 4.57. The summed E-state index contributed by atoms with van der Waals surface area (Å²) in [5, 5.41) is 7.91. The standard InChI is InChI=1S/C19H23ClN4O2/c1-12(2)18(23-10-6-9-17(23)25)19(26)21-16-11-13(3)24(22-16)15-8-5-4-7-14(15)20/h4-5,7-8,11-12,18H,6,9-10H2,1-3H3,(H,21,22,26). The van der Waals surface area contributed by atoms with Gasteiger partial charge in [0.1, 0.15) is 6.04 Å². The summed E-state index contributed by atoms with van der Waals surface area (Å²) in [4.78, 5) is 26.6. The van der Waals surface area contributed by atoms with Gasteiger partial charge in [-0.25, -0.2) is 4.68 Å². The van der Waals surface area contributed by atoms with Gasteiger partial charge in [-0.1, -0.05) is 37.6 Å². The smallest absolute Gasteiger partial charge is 0.248 e. The van der Waals surface area contributed by atoms with Gasteiger partial charge >= 0.3 is 0 Å². The van der Waals surface area contributed by atoms with Crippen LogP contribution in [0.3, 0.4) is 0 Å². The maximum absolute atomic E-state index is 12.8.